The summed E-state index contributed by atoms with van der Waals surface area (Å²) < 4.78 is 63.5. The lowest BCUT2D eigenvalue weighted by molar-refractivity contribution is -0.193. The number of alkyl halides is 6. The van der Waals surface area contributed by atoms with E-state index in [2.05, 4.69) is 28.5 Å². The minimum Gasteiger partial charge on any atom is -0.475 e. The summed E-state index contributed by atoms with van der Waals surface area (Å²) in [5, 5.41) is 19.9. The van der Waals surface area contributed by atoms with Crippen molar-refractivity contribution >= 4 is 45.1 Å². The number of nitrogen functional groups attached to an aromatic ring is 1. The first kappa shape index (κ1) is 31.1. The Morgan fingerprint density at radius 3 is 1.95 bits per heavy atom. The van der Waals surface area contributed by atoms with E-state index in [4.69, 9.17) is 31.3 Å². The zero-order chi connectivity index (χ0) is 28.4. The summed E-state index contributed by atoms with van der Waals surface area (Å²) in [5.74, 6) is -5.69. The van der Waals surface area contributed by atoms with Gasteiger partial charge in [-0.05, 0) is 22.8 Å². The van der Waals surface area contributed by atoms with Crippen LogP contribution in [0.5, 0.6) is 0 Å². The second-order valence-electron chi connectivity index (χ2n) is 6.94. The van der Waals surface area contributed by atoms with E-state index >= 15 is 0 Å². The topological polar surface area (TPSA) is 169 Å². The van der Waals surface area contributed by atoms with E-state index in [9.17, 15) is 31.1 Å². The number of benzene rings is 2. The molecular formula is C21H20F6N4O5S. The van der Waals surface area contributed by atoms with Crippen LogP contribution in [0.1, 0.15) is 10.4 Å². The summed E-state index contributed by atoms with van der Waals surface area (Å²) in [5.41, 5.74) is 12.7. The zero-order valence-corrected chi connectivity index (χ0v) is 19.3. The van der Waals surface area contributed by atoms with Gasteiger partial charge in [-0.1, -0.05) is 42.5 Å². The number of rotatable bonds is 5. The molecular weight excluding hydrogens is 534 g/mol. The number of nitrogens with two attached hydrogens (primary N) is 2. The molecule has 3 rings (SSSR count). The number of carbonyl (C=O) groups is 3. The van der Waals surface area contributed by atoms with Gasteiger partial charge < -0.3 is 27.0 Å². The minimum absolute atomic E-state index is 0.176. The van der Waals surface area contributed by atoms with Crippen LogP contribution >= 0.6 is 11.3 Å². The first-order valence-electron chi connectivity index (χ1n) is 9.82. The average Bonchev–Trinajstić information content (AvgIpc) is 3.22. The molecule has 3 aromatic rings. The van der Waals surface area contributed by atoms with E-state index in [0.29, 0.717) is 18.1 Å². The van der Waals surface area contributed by atoms with Gasteiger partial charge in [0.2, 0.25) is 5.91 Å². The molecule has 2 aromatic carbocycles. The van der Waals surface area contributed by atoms with Crippen LogP contribution in [-0.4, -0.2) is 51.4 Å². The van der Waals surface area contributed by atoms with Crippen molar-refractivity contribution < 1.29 is 50.9 Å². The predicted molar refractivity (Wildman–Crippen MR) is 121 cm³/mol. The standard InChI is InChI=1S/C17H18N4OS.2C2HF3O2/c18-15(16(22)20-9-13-10-21-17(19)23-13)8-12-6-3-5-11-4-1-2-7-14(11)12;2*3-2(4,5)1(6)7/h1-7,10,15H,8-9,18H2,(H2,19,21)(H,20,22);2*(H,6,7)/t15-;;/m0../s1. The Morgan fingerprint density at radius 2 is 1.46 bits per heavy atom. The number of carboxylic acid groups (broad SMARTS) is 2. The summed E-state index contributed by atoms with van der Waals surface area (Å²) in [4.78, 5) is 34.8. The first-order chi connectivity index (χ1) is 17.0. The van der Waals surface area contributed by atoms with Gasteiger partial charge in [-0.2, -0.15) is 26.3 Å². The maximum absolute atomic E-state index is 12.2. The van der Waals surface area contributed by atoms with Crippen molar-refractivity contribution in [3.05, 3.63) is 59.1 Å². The molecule has 0 radical (unpaired) electrons. The molecule has 1 amide bonds. The number of hydrogen-bond donors (Lipinski definition) is 5. The molecule has 1 aromatic heterocycles. The average molecular weight is 554 g/mol. The molecule has 7 N–H and O–H groups in total. The highest BCUT2D eigenvalue weighted by Crippen LogP contribution is 2.20. The molecule has 0 saturated heterocycles. The van der Waals surface area contributed by atoms with Gasteiger partial charge in [0.25, 0.3) is 0 Å². The number of halogens is 6. The number of aliphatic carboxylic acids is 2. The number of nitrogens with one attached hydrogen (secondary N) is 1. The third-order valence-corrected chi connectivity index (χ3v) is 4.98. The Bertz CT molecular complexity index is 1190. The molecule has 0 aliphatic carbocycles. The highest BCUT2D eigenvalue weighted by molar-refractivity contribution is 7.15. The lowest BCUT2D eigenvalue weighted by Gasteiger charge is -2.13. The number of anilines is 1. The Morgan fingerprint density at radius 1 is 0.946 bits per heavy atom. The van der Waals surface area contributed by atoms with E-state index in [1.54, 1.807) is 6.20 Å². The highest BCUT2D eigenvalue weighted by Gasteiger charge is 2.38. The monoisotopic (exact) mass is 554 g/mol. The van der Waals surface area contributed by atoms with Crippen LogP contribution in [0.3, 0.4) is 0 Å². The van der Waals surface area contributed by atoms with Crippen LogP contribution in [0.4, 0.5) is 31.5 Å². The molecule has 0 aliphatic heterocycles. The normalized spacial score (nSPS) is 11.9. The number of hydrogen-bond acceptors (Lipinski definition) is 7. The van der Waals surface area contributed by atoms with E-state index in [0.717, 1.165) is 21.2 Å². The molecule has 0 saturated carbocycles. The molecule has 9 nitrogen and oxygen atoms in total. The largest absolute Gasteiger partial charge is 0.490 e. The minimum atomic E-state index is -5.08. The van der Waals surface area contributed by atoms with Crippen molar-refractivity contribution in [2.45, 2.75) is 31.4 Å². The van der Waals surface area contributed by atoms with Gasteiger partial charge in [0.05, 0.1) is 12.6 Å². The summed E-state index contributed by atoms with van der Waals surface area (Å²) in [6.07, 6.45) is -8.01. The first-order valence-corrected chi connectivity index (χ1v) is 10.6. The van der Waals surface area contributed by atoms with Crippen molar-refractivity contribution in [3.8, 4) is 0 Å². The quantitative estimate of drug-likeness (QED) is 0.299. The number of nitrogens with zero attached hydrogens (tertiary/aromatic N) is 1. The van der Waals surface area contributed by atoms with Gasteiger partial charge in [-0.15, -0.1) is 11.3 Å². The molecule has 0 spiro atoms. The Hall–Kier alpha value is -3.92. The fraction of sp³-hybridized carbons (Fsp3) is 0.238. The molecule has 16 heteroatoms. The molecule has 202 valence electrons. The van der Waals surface area contributed by atoms with E-state index in [-0.39, 0.29) is 5.91 Å². The fourth-order valence-electron chi connectivity index (χ4n) is 2.51. The van der Waals surface area contributed by atoms with E-state index in [1.807, 2.05) is 24.3 Å². The molecule has 0 unspecified atom stereocenters. The number of thiazole rings is 1. The van der Waals surface area contributed by atoms with Gasteiger partial charge >= 0.3 is 24.3 Å². The van der Waals surface area contributed by atoms with Crippen molar-refractivity contribution in [2.24, 2.45) is 5.73 Å². The van der Waals surface area contributed by atoms with Gasteiger partial charge in [-0.25, -0.2) is 14.6 Å². The van der Waals surface area contributed by atoms with Crippen LogP contribution in [0.2, 0.25) is 0 Å². The van der Waals surface area contributed by atoms with Gasteiger partial charge in [0, 0.05) is 11.1 Å². The second-order valence-corrected chi connectivity index (χ2v) is 8.08. The summed E-state index contributed by atoms with van der Waals surface area (Å²) in [6, 6.07) is 13.6. The highest BCUT2D eigenvalue weighted by atomic mass is 32.1. The van der Waals surface area contributed by atoms with Crippen LogP contribution in [0.25, 0.3) is 10.8 Å². The zero-order valence-electron chi connectivity index (χ0n) is 18.5. The molecule has 1 heterocycles. The summed E-state index contributed by atoms with van der Waals surface area (Å²) in [7, 11) is 0. The van der Waals surface area contributed by atoms with Crippen molar-refractivity contribution in [1.29, 1.82) is 0 Å². The predicted octanol–water partition coefficient (Wildman–Crippen LogP) is 3.33. The molecule has 37 heavy (non-hydrogen) atoms. The summed E-state index contributed by atoms with van der Waals surface area (Å²) >= 11 is 1.36. The van der Waals surface area contributed by atoms with Crippen LogP contribution in [0, 0.1) is 0 Å². The summed E-state index contributed by atoms with van der Waals surface area (Å²) in [6.45, 7) is 0.400. The van der Waals surface area contributed by atoms with Crippen molar-refractivity contribution in [1.82, 2.24) is 10.3 Å². The molecule has 0 fully saturated rings. The lowest BCUT2D eigenvalue weighted by atomic mass is 9.99. The van der Waals surface area contributed by atoms with E-state index < -0.39 is 30.3 Å². The van der Waals surface area contributed by atoms with Crippen molar-refractivity contribution in [3.63, 3.8) is 0 Å². The smallest absolute Gasteiger partial charge is 0.475 e. The van der Waals surface area contributed by atoms with Crippen LogP contribution in [-0.2, 0) is 27.3 Å². The molecule has 1 atom stereocenters. The van der Waals surface area contributed by atoms with E-state index in [1.165, 1.54) is 11.3 Å². The molecule has 0 aliphatic rings. The number of carboxylic acids is 2. The lowest BCUT2D eigenvalue weighted by Crippen LogP contribution is -2.41. The maximum atomic E-state index is 12.2. The van der Waals surface area contributed by atoms with Crippen LogP contribution in [0.15, 0.2) is 48.7 Å². The number of carbonyl (C=O) groups excluding carboxylic acids is 1. The maximum Gasteiger partial charge on any atom is 0.490 e. The fourth-order valence-corrected chi connectivity index (χ4v) is 3.13. The van der Waals surface area contributed by atoms with Gasteiger partial charge in [-0.3, -0.25) is 4.79 Å². The van der Waals surface area contributed by atoms with Gasteiger partial charge in [0.15, 0.2) is 5.13 Å². The SMILES string of the molecule is Nc1ncc(CNC(=O)[C@@H](N)Cc2cccc3ccccc23)s1.O=C(O)C(F)(F)F.O=C(O)C(F)(F)F. The Labute approximate surface area is 208 Å². The second kappa shape index (κ2) is 13.4. The molecule has 0 bridgehead atoms. The van der Waals surface area contributed by atoms with Gasteiger partial charge in [0.1, 0.15) is 0 Å². The van der Waals surface area contributed by atoms with Crippen molar-refractivity contribution in [2.75, 3.05) is 5.73 Å². The third-order valence-electron chi connectivity index (χ3n) is 4.15. The Kier molecular flexibility index (Phi) is 11.3. The number of aromatic nitrogens is 1. The van der Waals surface area contributed by atoms with Crippen LogP contribution < -0.4 is 16.8 Å². The third kappa shape index (κ3) is 11.1. The number of amides is 1. The Balaban J connectivity index is 0.000000404. The number of fused-ring (bicyclic) bond motifs is 1.